The van der Waals surface area contributed by atoms with Gasteiger partial charge in [0.1, 0.15) is 11.9 Å². The van der Waals surface area contributed by atoms with Crippen molar-refractivity contribution in [3.8, 4) is 5.75 Å². The summed E-state index contributed by atoms with van der Waals surface area (Å²) in [5.41, 5.74) is 2.43. The molecule has 0 aromatic heterocycles. The Hall–Kier alpha value is -1.32. The molecule has 0 radical (unpaired) electrons. The maximum atomic E-state index is 6.03. The lowest BCUT2D eigenvalue weighted by Gasteiger charge is -2.18. The third-order valence-corrected chi connectivity index (χ3v) is 4.22. The summed E-state index contributed by atoms with van der Waals surface area (Å²) in [5, 5.41) is 3.42. The first-order chi connectivity index (χ1) is 10.1. The summed E-state index contributed by atoms with van der Waals surface area (Å²) >= 11 is 3.64. The van der Waals surface area contributed by atoms with Crippen LogP contribution in [-0.2, 0) is 0 Å². The van der Waals surface area contributed by atoms with Gasteiger partial charge in [-0.2, -0.15) is 0 Å². The lowest BCUT2D eigenvalue weighted by molar-refractivity contribution is 0.226. The number of ether oxygens (including phenoxy) is 1. The topological polar surface area (TPSA) is 21.3 Å². The first kappa shape index (κ1) is 16.1. The number of hydrogen-bond acceptors (Lipinski definition) is 2. The van der Waals surface area contributed by atoms with Crippen LogP contribution in [-0.4, -0.2) is 6.54 Å². The molecule has 1 N–H and O–H groups in total. The van der Waals surface area contributed by atoms with E-state index in [-0.39, 0.29) is 6.10 Å². The summed E-state index contributed by atoms with van der Waals surface area (Å²) in [7, 11) is 0. The normalized spacial score (nSPS) is 13.7. The molecule has 0 saturated carbocycles. The van der Waals surface area contributed by atoms with Gasteiger partial charge in [-0.15, -0.1) is 0 Å². The lowest BCUT2D eigenvalue weighted by Crippen LogP contribution is -2.18. The summed E-state index contributed by atoms with van der Waals surface area (Å²) in [6.45, 7) is 7.30. The van der Waals surface area contributed by atoms with Gasteiger partial charge in [0, 0.05) is 10.5 Å². The minimum Gasteiger partial charge on any atom is -0.486 e. The van der Waals surface area contributed by atoms with Gasteiger partial charge >= 0.3 is 0 Å². The molecule has 2 atom stereocenters. The maximum absolute atomic E-state index is 6.03. The van der Waals surface area contributed by atoms with Gasteiger partial charge in [-0.25, -0.2) is 0 Å². The molecule has 0 aliphatic carbocycles. The first-order valence-corrected chi connectivity index (χ1v) is 8.15. The Morgan fingerprint density at radius 3 is 2.43 bits per heavy atom. The number of rotatable bonds is 6. The maximum Gasteiger partial charge on any atom is 0.121 e. The molecule has 112 valence electrons. The zero-order valence-corrected chi connectivity index (χ0v) is 14.4. The van der Waals surface area contributed by atoms with Crippen LogP contribution >= 0.6 is 15.9 Å². The van der Waals surface area contributed by atoms with E-state index in [0.717, 1.165) is 16.8 Å². The van der Waals surface area contributed by atoms with Crippen molar-refractivity contribution in [2.24, 2.45) is 0 Å². The molecule has 2 rings (SSSR count). The minimum absolute atomic E-state index is 0.0372. The van der Waals surface area contributed by atoms with Crippen molar-refractivity contribution >= 4 is 15.9 Å². The Morgan fingerprint density at radius 1 is 1.10 bits per heavy atom. The second-order valence-corrected chi connectivity index (χ2v) is 5.99. The Balaban J connectivity index is 2.10. The first-order valence-electron chi connectivity index (χ1n) is 7.36. The third-order valence-electron chi connectivity index (χ3n) is 3.53. The van der Waals surface area contributed by atoms with Crippen LogP contribution < -0.4 is 10.1 Å². The van der Waals surface area contributed by atoms with Crippen LogP contribution in [0.4, 0.5) is 0 Å². The van der Waals surface area contributed by atoms with Gasteiger partial charge in [0.15, 0.2) is 0 Å². The molecule has 2 nitrogen and oxygen atoms in total. The molecule has 0 aliphatic heterocycles. The zero-order chi connectivity index (χ0) is 15.2. The fourth-order valence-corrected chi connectivity index (χ4v) is 3.05. The molecule has 0 heterocycles. The van der Waals surface area contributed by atoms with E-state index in [9.17, 15) is 0 Å². The molecule has 21 heavy (non-hydrogen) atoms. The highest BCUT2D eigenvalue weighted by atomic mass is 79.9. The van der Waals surface area contributed by atoms with Gasteiger partial charge in [-0.1, -0.05) is 59.3 Å². The van der Waals surface area contributed by atoms with Gasteiger partial charge in [0.05, 0.1) is 0 Å². The largest absolute Gasteiger partial charge is 0.486 e. The molecule has 3 heteroatoms. The van der Waals surface area contributed by atoms with E-state index in [2.05, 4.69) is 60.2 Å². The predicted molar refractivity (Wildman–Crippen MR) is 91.7 cm³/mol. The molecule has 2 aromatic carbocycles. The molecule has 0 fully saturated rings. The van der Waals surface area contributed by atoms with Gasteiger partial charge in [-0.3, -0.25) is 0 Å². The average molecular weight is 348 g/mol. The molecular formula is C18H22BrNO. The molecule has 2 unspecified atom stereocenters. The fraction of sp³-hybridized carbons (Fsp3) is 0.333. The number of nitrogens with one attached hydrogen (secondary N) is 1. The summed E-state index contributed by atoms with van der Waals surface area (Å²) in [6, 6.07) is 16.8. The molecular weight excluding hydrogens is 326 g/mol. The van der Waals surface area contributed by atoms with Crippen LogP contribution in [0.1, 0.15) is 44.0 Å². The van der Waals surface area contributed by atoms with Crippen molar-refractivity contribution in [3.05, 3.63) is 64.1 Å². The van der Waals surface area contributed by atoms with Gasteiger partial charge < -0.3 is 10.1 Å². The molecule has 0 bridgehead atoms. The molecule has 0 amide bonds. The monoisotopic (exact) mass is 347 g/mol. The molecule has 0 saturated heterocycles. The quantitative estimate of drug-likeness (QED) is 0.769. The predicted octanol–water partition coefficient (Wildman–Crippen LogP) is 5.26. The van der Waals surface area contributed by atoms with Crippen LogP contribution in [0, 0.1) is 0 Å². The van der Waals surface area contributed by atoms with E-state index >= 15 is 0 Å². The smallest absolute Gasteiger partial charge is 0.121 e. The van der Waals surface area contributed by atoms with Crippen LogP contribution in [0.25, 0.3) is 0 Å². The Labute approximate surface area is 135 Å². The highest BCUT2D eigenvalue weighted by Gasteiger charge is 2.11. The average Bonchev–Trinajstić information content (AvgIpc) is 2.48. The van der Waals surface area contributed by atoms with Crippen LogP contribution in [0.2, 0.25) is 0 Å². The van der Waals surface area contributed by atoms with Gasteiger partial charge in [0.25, 0.3) is 0 Å². The number of hydrogen-bond donors (Lipinski definition) is 1. The zero-order valence-electron chi connectivity index (χ0n) is 12.8. The van der Waals surface area contributed by atoms with Gasteiger partial charge in [-0.05, 0) is 43.7 Å². The van der Waals surface area contributed by atoms with Crippen molar-refractivity contribution < 1.29 is 4.74 Å². The molecule has 0 aliphatic rings. The van der Waals surface area contributed by atoms with E-state index in [1.807, 2.05) is 30.3 Å². The lowest BCUT2D eigenvalue weighted by atomic mass is 10.1. The standard InChI is InChI=1S/C18H22BrNO/c1-4-20-13(2)17-11-10-16(12-18(17)19)21-14(3)15-8-6-5-7-9-15/h5-14,20H,4H2,1-3H3. The van der Waals surface area contributed by atoms with Crippen LogP contribution in [0.3, 0.4) is 0 Å². The van der Waals surface area contributed by atoms with Crippen molar-refractivity contribution in [1.29, 1.82) is 0 Å². The van der Waals surface area contributed by atoms with E-state index in [0.29, 0.717) is 6.04 Å². The van der Waals surface area contributed by atoms with Crippen molar-refractivity contribution in [2.75, 3.05) is 6.54 Å². The van der Waals surface area contributed by atoms with Crippen molar-refractivity contribution in [3.63, 3.8) is 0 Å². The highest BCUT2D eigenvalue weighted by molar-refractivity contribution is 9.10. The summed E-state index contributed by atoms with van der Waals surface area (Å²) in [5.74, 6) is 0.880. The SMILES string of the molecule is CCNC(C)c1ccc(OC(C)c2ccccc2)cc1Br. The Kier molecular flexibility index (Phi) is 5.83. The van der Waals surface area contributed by atoms with Crippen molar-refractivity contribution in [1.82, 2.24) is 5.32 Å². The number of benzene rings is 2. The highest BCUT2D eigenvalue weighted by Crippen LogP contribution is 2.30. The second-order valence-electron chi connectivity index (χ2n) is 5.13. The van der Waals surface area contributed by atoms with Gasteiger partial charge in [0.2, 0.25) is 0 Å². The second kappa shape index (κ2) is 7.62. The van der Waals surface area contributed by atoms with E-state index in [1.165, 1.54) is 11.1 Å². The van der Waals surface area contributed by atoms with E-state index in [1.54, 1.807) is 0 Å². The fourth-order valence-electron chi connectivity index (χ4n) is 2.34. The summed E-state index contributed by atoms with van der Waals surface area (Å²) < 4.78 is 7.10. The molecule has 0 spiro atoms. The van der Waals surface area contributed by atoms with Crippen molar-refractivity contribution in [2.45, 2.75) is 32.9 Å². The number of halogens is 1. The molecule has 2 aromatic rings. The van der Waals surface area contributed by atoms with E-state index < -0.39 is 0 Å². The summed E-state index contributed by atoms with van der Waals surface area (Å²) in [6.07, 6.45) is 0.0372. The van der Waals surface area contributed by atoms with Crippen LogP contribution in [0.5, 0.6) is 5.75 Å². The Morgan fingerprint density at radius 2 is 1.81 bits per heavy atom. The van der Waals surface area contributed by atoms with E-state index in [4.69, 9.17) is 4.74 Å². The summed E-state index contributed by atoms with van der Waals surface area (Å²) in [4.78, 5) is 0. The minimum atomic E-state index is 0.0372. The van der Waals surface area contributed by atoms with Crippen LogP contribution in [0.15, 0.2) is 53.0 Å². The Bertz CT molecular complexity index is 571. The third kappa shape index (κ3) is 4.32.